The highest BCUT2D eigenvalue weighted by Crippen LogP contribution is 2.39. The number of rotatable bonds is 2. The van der Waals surface area contributed by atoms with E-state index in [4.69, 9.17) is 10.5 Å². The second-order valence-corrected chi connectivity index (χ2v) is 5.44. The van der Waals surface area contributed by atoms with Crippen molar-refractivity contribution in [1.29, 1.82) is 0 Å². The Kier molecular flexibility index (Phi) is 2.67. The van der Waals surface area contributed by atoms with Crippen LogP contribution in [0.3, 0.4) is 0 Å². The summed E-state index contributed by atoms with van der Waals surface area (Å²) >= 11 is 1.29. The Balaban J connectivity index is 2.47. The molecule has 0 amide bonds. The van der Waals surface area contributed by atoms with Gasteiger partial charge in [0, 0.05) is 16.9 Å². The highest BCUT2D eigenvalue weighted by Gasteiger charge is 2.33. The molecule has 1 atom stereocenters. The number of fused-ring (bicyclic) bond motifs is 1. The van der Waals surface area contributed by atoms with Gasteiger partial charge >= 0.3 is 0 Å². The first-order chi connectivity index (χ1) is 7.47. The molecular weight excluding hydrogens is 226 g/mol. The number of carboxylic acids is 1. The van der Waals surface area contributed by atoms with Crippen LogP contribution in [0.5, 0.6) is 0 Å². The van der Waals surface area contributed by atoms with Crippen molar-refractivity contribution >= 4 is 22.3 Å². The molecule has 0 spiro atoms. The fourth-order valence-corrected chi connectivity index (χ4v) is 2.94. The van der Waals surface area contributed by atoms with Crippen LogP contribution < -0.4 is 10.8 Å². The summed E-state index contributed by atoms with van der Waals surface area (Å²) in [5.41, 5.74) is 6.38. The minimum atomic E-state index is -1.18. The topological polar surface area (TPSA) is 75.4 Å². The predicted molar refractivity (Wildman–Crippen MR) is 60.3 cm³/mol. The van der Waals surface area contributed by atoms with Gasteiger partial charge in [-0.1, -0.05) is 6.92 Å². The Morgan fingerprint density at radius 3 is 2.94 bits per heavy atom. The molecule has 1 aliphatic heterocycles. The molecule has 0 unspecified atom stereocenters. The Labute approximate surface area is 98.0 Å². The maximum atomic E-state index is 11.0. The van der Waals surface area contributed by atoms with Gasteiger partial charge in [0.1, 0.15) is 0 Å². The number of nitrogen functional groups attached to an aromatic ring is 1. The van der Waals surface area contributed by atoms with E-state index in [2.05, 4.69) is 0 Å². The second-order valence-electron chi connectivity index (χ2n) is 4.30. The van der Waals surface area contributed by atoms with E-state index in [0.717, 1.165) is 16.9 Å². The smallest absolute Gasteiger partial charge is 0.0955 e. The maximum Gasteiger partial charge on any atom is 0.0955 e. The van der Waals surface area contributed by atoms with Crippen LogP contribution in [0, 0.1) is 0 Å². The van der Waals surface area contributed by atoms with Crippen LogP contribution in [-0.4, -0.2) is 11.6 Å². The molecule has 0 radical (unpaired) electrons. The average molecular weight is 240 g/mol. The first-order valence-electron chi connectivity index (χ1n) is 5.22. The third-order valence-electron chi connectivity index (χ3n) is 3.17. The lowest BCUT2D eigenvalue weighted by Gasteiger charge is -2.33. The van der Waals surface area contributed by atoms with E-state index in [0.29, 0.717) is 18.0 Å². The Morgan fingerprint density at radius 1 is 1.69 bits per heavy atom. The van der Waals surface area contributed by atoms with Gasteiger partial charge in [-0.25, -0.2) is 0 Å². The zero-order valence-corrected chi connectivity index (χ0v) is 10.1. The van der Waals surface area contributed by atoms with E-state index >= 15 is 0 Å². The van der Waals surface area contributed by atoms with Crippen molar-refractivity contribution in [3.05, 3.63) is 16.0 Å². The number of carbonyl (C=O) groups is 1. The average Bonchev–Trinajstić information content (AvgIpc) is 2.53. The molecule has 1 aromatic rings. The number of hydrogen-bond donors (Lipinski definition) is 1. The maximum absolute atomic E-state index is 11.0. The summed E-state index contributed by atoms with van der Waals surface area (Å²) in [6.45, 7) is 4.46. The summed E-state index contributed by atoms with van der Waals surface area (Å²) in [5.74, 6) is -1.18. The highest BCUT2D eigenvalue weighted by atomic mass is 32.1. The zero-order valence-electron chi connectivity index (χ0n) is 9.33. The number of aromatic carboxylic acids is 1. The molecule has 0 saturated heterocycles. The molecule has 0 saturated carbocycles. The summed E-state index contributed by atoms with van der Waals surface area (Å²) < 4.78 is 5.73. The molecular formula is C11H14NO3S-. The van der Waals surface area contributed by atoms with Crippen molar-refractivity contribution in [2.24, 2.45) is 0 Å². The van der Waals surface area contributed by atoms with E-state index in [9.17, 15) is 9.90 Å². The molecule has 1 aliphatic rings. The molecule has 4 nitrogen and oxygen atoms in total. The van der Waals surface area contributed by atoms with Gasteiger partial charge < -0.3 is 20.4 Å². The molecule has 88 valence electrons. The standard InChI is InChI=1S/C11H15NO3S/c1-3-11(2)4-6-7(5-15-11)16-9(12)8(6)10(13)14/h3-5,12H2,1-2H3,(H,13,14)/p-1/t11-/m0/s1. The predicted octanol–water partition coefficient (Wildman–Crippen LogP) is 0.935. The van der Waals surface area contributed by atoms with E-state index < -0.39 is 5.97 Å². The third-order valence-corrected chi connectivity index (χ3v) is 4.21. The number of ether oxygens (including phenoxy) is 1. The van der Waals surface area contributed by atoms with Crippen LogP contribution in [0.25, 0.3) is 0 Å². The van der Waals surface area contributed by atoms with Gasteiger partial charge in [-0.05, 0) is 18.9 Å². The number of hydrogen-bond acceptors (Lipinski definition) is 5. The van der Waals surface area contributed by atoms with E-state index in [1.54, 1.807) is 0 Å². The number of carbonyl (C=O) groups excluding carboxylic acids is 1. The fourth-order valence-electron chi connectivity index (χ4n) is 1.95. The van der Waals surface area contributed by atoms with Crippen LogP contribution in [0.2, 0.25) is 0 Å². The summed E-state index contributed by atoms with van der Waals surface area (Å²) in [6, 6.07) is 0. The number of anilines is 1. The molecule has 0 aromatic carbocycles. The van der Waals surface area contributed by atoms with Gasteiger partial charge in [-0.2, -0.15) is 0 Å². The van der Waals surface area contributed by atoms with Crippen molar-refractivity contribution in [2.75, 3.05) is 5.73 Å². The van der Waals surface area contributed by atoms with Gasteiger partial charge in [-0.3, -0.25) is 0 Å². The molecule has 2 heterocycles. The highest BCUT2D eigenvalue weighted by molar-refractivity contribution is 7.16. The SMILES string of the molecule is CC[C@@]1(C)Cc2c(sc(N)c2C(=O)[O-])CO1. The lowest BCUT2D eigenvalue weighted by Crippen LogP contribution is -2.35. The minimum Gasteiger partial charge on any atom is -0.545 e. The summed E-state index contributed by atoms with van der Waals surface area (Å²) in [6.07, 6.45) is 1.44. The van der Waals surface area contributed by atoms with Crippen LogP contribution >= 0.6 is 11.3 Å². The van der Waals surface area contributed by atoms with E-state index in [1.807, 2.05) is 13.8 Å². The molecule has 0 bridgehead atoms. The van der Waals surface area contributed by atoms with Crippen molar-refractivity contribution in [2.45, 2.75) is 38.9 Å². The molecule has 5 heteroatoms. The molecule has 0 aliphatic carbocycles. The normalized spacial score (nSPS) is 24.1. The van der Waals surface area contributed by atoms with Crippen molar-refractivity contribution in [3.63, 3.8) is 0 Å². The van der Waals surface area contributed by atoms with Crippen LogP contribution in [0.15, 0.2) is 0 Å². The first kappa shape index (κ1) is 11.4. The van der Waals surface area contributed by atoms with Crippen LogP contribution in [0.4, 0.5) is 5.00 Å². The number of thiophene rings is 1. The van der Waals surface area contributed by atoms with Gasteiger partial charge in [0.15, 0.2) is 0 Å². The largest absolute Gasteiger partial charge is 0.545 e. The summed E-state index contributed by atoms with van der Waals surface area (Å²) in [5, 5.41) is 11.4. The second kappa shape index (κ2) is 3.75. The van der Waals surface area contributed by atoms with Crippen LogP contribution in [-0.2, 0) is 17.8 Å². The molecule has 1 aromatic heterocycles. The van der Waals surface area contributed by atoms with Gasteiger partial charge in [0.25, 0.3) is 0 Å². The van der Waals surface area contributed by atoms with Crippen molar-refractivity contribution in [3.8, 4) is 0 Å². The van der Waals surface area contributed by atoms with Gasteiger partial charge in [0.05, 0.1) is 23.2 Å². The fraction of sp³-hybridized carbons (Fsp3) is 0.545. The Hall–Kier alpha value is -1.07. The van der Waals surface area contributed by atoms with Gasteiger partial charge in [-0.15, -0.1) is 11.3 Å². The lowest BCUT2D eigenvalue weighted by molar-refractivity contribution is -0.255. The van der Waals surface area contributed by atoms with E-state index in [-0.39, 0.29) is 11.2 Å². The lowest BCUT2D eigenvalue weighted by atomic mass is 9.89. The monoisotopic (exact) mass is 240 g/mol. The minimum absolute atomic E-state index is 0.169. The first-order valence-corrected chi connectivity index (χ1v) is 6.04. The Bertz CT molecular complexity index is 441. The Morgan fingerprint density at radius 2 is 2.38 bits per heavy atom. The number of nitrogens with two attached hydrogens (primary N) is 1. The molecule has 2 N–H and O–H groups in total. The third kappa shape index (κ3) is 1.70. The summed E-state index contributed by atoms with van der Waals surface area (Å²) in [7, 11) is 0. The molecule has 2 rings (SSSR count). The van der Waals surface area contributed by atoms with Crippen molar-refractivity contribution in [1.82, 2.24) is 0 Å². The van der Waals surface area contributed by atoms with E-state index in [1.165, 1.54) is 11.3 Å². The number of carboxylic acid groups (broad SMARTS) is 1. The molecule has 16 heavy (non-hydrogen) atoms. The zero-order chi connectivity index (χ0) is 11.9. The molecule has 0 fully saturated rings. The summed E-state index contributed by atoms with van der Waals surface area (Å²) in [4.78, 5) is 11.9. The van der Waals surface area contributed by atoms with Crippen LogP contribution in [0.1, 0.15) is 41.1 Å². The van der Waals surface area contributed by atoms with Gasteiger partial charge in [0.2, 0.25) is 0 Å². The quantitative estimate of drug-likeness (QED) is 0.834. The van der Waals surface area contributed by atoms with Crippen molar-refractivity contribution < 1.29 is 14.6 Å².